The fourth-order valence-electron chi connectivity index (χ4n) is 1.98. The molecule has 2 N–H and O–H groups in total. The standard InChI is InChI=1S/C14H20BrNO2/c1-9(2)12(8-16)13(17)7-10-6-11(15)4-5-14(10)18-3/h4-6,9,12H,7-8,16H2,1-3H3. The van der Waals surface area contributed by atoms with Gasteiger partial charge in [0.15, 0.2) is 0 Å². The normalized spacial score (nSPS) is 12.6. The minimum atomic E-state index is -0.0892. The van der Waals surface area contributed by atoms with Crippen molar-refractivity contribution < 1.29 is 9.53 Å². The first-order valence-electron chi connectivity index (χ1n) is 6.04. The molecule has 1 aromatic carbocycles. The lowest BCUT2D eigenvalue weighted by molar-refractivity contribution is -0.123. The number of hydrogen-bond donors (Lipinski definition) is 1. The van der Waals surface area contributed by atoms with Crippen molar-refractivity contribution in [2.75, 3.05) is 13.7 Å². The van der Waals surface area contributed by atoms with Crippen LogP contribution < -0.4 is 10.5 Å². The van der Waals surface area contributed by atoms with Crippen LogP contribution in [0.5, 0.6) is 5.75 Å². The highest BCUT2D eigenvalue weighted by Crippen LogP contribution is 2.25. The number of ether oxygens (including phenoxy) is 1. The van der Waals surface area contributed by atoms with Crippen LogP contribution in [-0.2, 0) is 11.2 Å². The van der Waals surface area contributed by atoms with E-state index in [2.05, 4.69) is 15.9 Å². The third-order valence-electron chi connectivity index (χ3n) is 3.08. The molecule has 100 valence electrons. The molecular weight excluding hydrogens is 294 g/mol. The lowest BCUT2D eigenvalue weighted by atomic mass is 9.88. The van der Waals surface area contributed by atoms with Crippen LogP contribution in [0.1, 0.15) is 19.4 Å². The Kier molecular flexibility index (Phi) is 5.82. The Balaban J connectivity index is 2.89. The summed E-state index contributed by atoms with van der Waals surface area (Å²) in [5, 5.41) is 0. The van der Waals surface area contributed by atoms with Crippen LogP contribution in [0, 0.1) is 11.8 Å². The molecule has 1 aromatic rings. The number of Topliss-reactive ketones (excluding diaryl/α,β-unsaturated/α-hetero) is 1. The number of carbonyl (C=O) groups excluding carboxylic acids is 1. The Morgan fingerprint density at radius 2 is 2.11 bits per heavy atom. The SMILES string of the molecule is COc1ccc(Br)cc1CC(=O)C(CN)C(C)C. The third kappa shape index (κ3) is 3.82. The zero-order chi connectivity index (χ0) is 13.7. The van der Waals surface area contributed by atoms with E-state index in [0.717, 1.165) is 15.8 Å². The number of nitrogens with two attached hydrogens (primary N) is 1. The number of methoxy groups -OCH3 is 1. The summed E-state index contributed by atoms with van der Waals surface area (Å²) in [6.45, 7) is 4.44. The molecule has 0 aliphatic rings. The van der Waals surface area contributed by atoms with Crippen molar-refractivity contribution in [1.82, 2.24) is 0 Å². The quantitative estimate of drug-likeness (QED) is 0.878. The Bertz CT molecular complexity index is 418. The van der Waals surface area contributed by atoms with Gasteiger partial charge < -0.3 is 10.5 Å². The number of hydrogen-bond acceptors (Lipinski definition) is 3. The second kappa shape index (κ2) is 6.90. The van der Waals surface area contributed by atoms with Crippen LogP contribution in [0.15, 0.2) is 22.7 Å². The Labute approximate surface area is 117 Å². The van der Waals surface area contributed by atoms with E-state index in [0.29, 0.717) is 13.0 Å². The molecule has 18 heavy (non-hydrogen) atoms. The molecule has 1 atom stereocenters. The number of carbonyl (C=O) groups is 1. The Hall–Kier alpha value is -0.870. The van der Waals surface area contributed by atoms with Gasteiger partial charge in [-0.2, -0.15) is 0 Å². The Morgan fingerprint density at radius 1 is 1.44 bits per heavy atom. The van der Waals surface area contributed by atoms with Gasteiger partial charge in [-0.3, -0.25) is 4.79 Å². The molecule has 0 heterocycles. The van der Waals surface area contributed by atoms with Gasteiger partial charge in [0.2, 0.25) is 0 Å². The van der Waals surface area contributed by atoms with E-state index in [9.17, 15) is 4.79 Å². The fourth-order valence-corrected chi connectivity index (χ4v) is 2.39. The van der Waals surface area contributed by atoms with Crippen molar-refractivity contribution in [2.45, 2.75) is 20.3 Å². The molecule has 0 radical (unpaired) electrons. The third-order valence-corrected chi connectivity index (χ3v) is 3.57. The summed E-state index contributed by atoms with van der Waals surface area (Å²) in [7, 11) is 1.61. The highest BCUT2D eigenvalue weighted by Gasteiger charge is 2.21. The minimum Gasteiger partial charge on any atom is -0.496 e. The van der Waals surface area contributed by atoms with Crippen molar-refractivity contribution in [3.05, 3.63) is 28.2 Å². The molecule has 0 spiro atoms. The van der Waals surface area contributed by atoms with Crippen LogP contribution in [-0.4, -0.2) is 19.4 Å². The maximum Gasteiger partial charge on any atom is 0.141 e. The first kappa shape index (κ1) is 15.2. The van der Waals surface area contributed by atoms with Crippen LogP contribution in [0.3, 0.4) is 0 Å². The van der Waals surface area contributed by atoms with E-state index in [1.165, 1.54) is 0 Å². The van der Waals surface area contributed by atoms with Crippen molar-refractivity contribution in [3.8, 4) is 5.75 Å². The topological polar surface area (TPSA) is 52.3 Å². The summed E-state index contributed by atoms with van der Waals surface area (Å²) < 4.78 is 6.22. The van der Waals surface area contributed by atoms with Crippen molar-refractivity contribution in [3.63, 3.8) is 0 Å². The van der Waals surface area contributed by atoms with Crippen LogP contribution in [0.25, 0.3) is 0 Å². The fraction of sp³-hybridized carbons (Fsp3) is 0.500. The predicted molar refractivity (Wildman–Crippen MR) is 76.8 cm³/mol. The summed E-state index contributed by atoms with van der Waals surface area (Å²) in [6, 6.07) is 5.68. The minimum absolute atomic E-state index is 0.0892. The molecule has 4 heteroatoms. The molecule has 0 saturated carbocycles. The summed E-state index contributed by atoms with van der Waals surface area (Å²) in [4.78, 5) is 12.2. The summed E-state index contributed by atoms with van der Waals surface area (Å²) in [5.74, 6) is 1.09. The van der Waals surface area contributed by atoms with Gasteiger partial charge in [0, 0.05) is 28.9 Å². The number of rotatable bonds is 6. The first-order chi connectivity index (χ1) is 8.49. The van der Waals surface area contributed by atoms with Crippen molar-refractivity contribution >= 4 is 21.7 Å². The molecule has 0 saturated heterocycles. The lowest BCUT2D eigenvalue weighted by Gasteiger charge is -2.18. The summed E-state index contributed by atoms with van der Waals surface area (Å²) in [5.41, 5.74) is 6.57. The van der Waals surface area contributed by atoms with Gasteiger partial charge in [0.05, 0.1) is 7.11 Å². The predicted octanol–water partition coefficient (Wildman–Crippen LogP) is 2.80. The molecule has 1 rings (SSSR count). The van der Waals surface area contributed by atoms with Crippen molar-refractivity contribution in [2.24, 2.45) is 17.6 Å². The number of halogens is 1. The van der Waals surface area contributed by atoms with E-state index in [-0.39, 0.29) is 17.6 Å². The second-order valence-corrected chi connectivity index (χ2v) is 5.60. The molecule has 0 fully saturated rings. The van der Waals surface area contributed by atoms with Gasteiger partial charge in [0.1, 0.15) is 11.5 Å². The average Bonchev–Trinajstić information content (AvgIpc) is 2.29. The molecule has 1 unspecified atom stereocenters. The molecule has 0 amide bonds. The molecule has 0 aromatic heterocycles. The maximum absolute atomic E-state index is 12.2. The Morgan fingerprint density at radius 3 is 2.61 bits per heavy atom. The van der Waals surface area contributed by atoms with Gasteiger partial charge >= 0.3 is 0 Å². The van der Waals surface area contributed by atoms with Crippen LogP contribution >= 0.6 is 15.9 Å². The second-order valence-electron chi connectivity index (χ2n) is 4.69. The first-order valence-corrected chi connectivity index (χ1v) is 6.84. The zero-order valence-electron chi connectivity index (χ0n) is 11.1. The lowest BCUT2D eigenvalue weighted by Crippen LogP contribution is -2.29. The van der Waals surface area contributed by atoms with Gasteiger partial charge in [-0.05, 0) is 24.1 Å². The summed E-state index contributed by atoms with van der Waals surface area (Å²) >= 11 is 3.41. The van der Waals surface area contributed by atoms with Gasteiger partial charge in [-0.15, -0.1) is 0 Å². The highest BCUT2D eigenvalue weighted by molar-refractivity contribution is 9.10. The van der Waals surface area contributed by atoms with E-state index >= 15 is 0 Å². The molecule has 0 aliphatic carbocycles. The van der Waals surface area contributed by atoms with Crippen LogP contribution in [0.4, 0.5) is 0 Å². The van der Waals surface area contributed by atoms with Gasteiger partial charge in [-0.25, -0.2) is 0 Å². The monoisotopic (exact) mass is 313 g/mol. The van der Waals surface area contributed by atoms with Gasteiger partial charge in [-0.1, -0.05) is 29.8 Å². The summed E-state index contributed by atoms with van der Waals surface area (Å²) in [6.07, 6.45) is 0.364. The highest BCUT2D eigenvalue weighted by atomic mass is 79.9. The van der Waals surface area contributed by atoms with E-state index in [1.807, 2.05) is 32.0 Å². The molecule has 0 bridgehead atoms. The maximum atomic E-state index is 12.2. The van der Waals surface area contributed by atoms with E-state index < -0.39 is 0 Å². The number of ketones is 1. The van der Waals surface area contributed by atoms with Crippen molar-refractivity contribution in [1.29, 1.82) is 0 Å². The van der Waals surface area contributed by atoms with Crippen LogP contribution in [0.2, 0.25) is 0 Å². The molecule has 3 nitrogen and oxygen atoms in total. The van der Waals surface area contributed by atoms with Gasteiger partial charge in [0.25, 0.3) is 0 Å². The van der Waals surface area contributed by atoms with E-state index in [1.54, 1.807) is 7.11 Å². The average molecular weight is 314 g/mol. The molecular formula is C14H20BrNO2. The zero-order valence-corrected chi connectivity index (χ0v) is 12.7. The smallest absolute Gasteiger partial charge is 0.141 e. The van der Waals surface area contributed by atoms with E-state index in [4.69, 9.17) is 10.5 Å². The largest absolute Gasteiger partial charge is 0.496 e. The number of benzene rings is 1. The molecule has 0 aliphatic heterocycles.